The van der Waals surface area contributed by atoms with Crippen molar-refractivity contribution in [2.45, 2.75) is 33.2 Å². The van der Waals surface area contributed by atoms with Crippen molar-refractivity contribution in [2.75, 3.05) is 10.6 Å². The molecule has 0 fully saturated rings. The molecule has 2 aromatic rings. The molecule has 0 atom stereocenters. The number of carbonyl (C=O) groups is 1. The Balaban J connectivity index is 2.25. The van der Waals surface area contributed by atoms with E-state index in [0.29, 0.717) is 17.7 Å². The van der Waals surface area contributed by atoms with Crippen molar-refractivity contribution in [1.29, 1.82) is 0 Å². The van der Waals surface area contributed by atoms with Crippen molar-refractivity contribution in [3.05, 3.63) is 47.3 Å². The number of hydrogen-bond donors (Lipinski definition) is 2. The maximum atomic E-state index is 13.6. The van der Waals surface area contributed by atoms with Gasteiger partial charge in [-0.3, -0.25) is 4.79 Å². The molecule has 0 bridgehead atoms. The highest BCUT2D eigenvalue weighted by Gasteiger charge is 2.16. The van der Waals surface area contributed by atoms with Crippen LogP contribution in [0.25, 0.3) is 0 Å². The van der Waals surface area contributed by atoms with E-state index in [1.54, 1.807) is 6.92 Å². The number of carbonyl (C=O) groups excluding carboxylic acids is 1. The molecule has 0 aliphatic rings. The average Bonchev–Trinajstić information content (AvgIpc) is 2.39. The van der Waals surface area contributed by atoms with Gasteiger partial charge in [0, 0.05) is 17.3 Å². The minimum absolute atomic E-state index is 0.0907. The van der Waals surface area contributed by atoms with Crippen LogP contribution in [0.4, 0.5) is 20.4 Å². The highest BCUT2D eigenvalue weighted by atomic mass is 19.1. The monoisotopic (exact) mass is 320 g/mol. The van der Waals surface area contributed by atoms with Gasteiger partial charge < -0.3 is 10.6 Å². The van der Waals surface area contributed by atoms with Crippen LogP contribution in [0.15, 0.2) is 24.3 Å². The highest BCUT2D eigenvalue weighted by molar-refractivity contribution is 6.03. The van der Waals surface area contributed by atoms with Crippen molar-refractivity contribution < 1.29 is 13.6 Å². The lowest BCUT2D eigenvalue weighted by Crippen LogP contribution is -2.28. The molecule has 0 saturated heterocycles. The first-order valence-electron chi connectivity index (χ1n) is 7.04. The van der Waals surface area contributed by atoms with Crippen molar-refractivity contribution in [1.82, 2.24) is 9.97 Å². The van der Waals surface area contributed by atoms with Gasteiger partial charge in [-0.05, 0) is 45.9 Å². The Hall–Kier alpha value is -2.57. The number of aromatic nitrogens is 2. The van der Waals surface area contributed by atoms with Gasteiger partial charge in [-0.25, -0.2) is 18.7 Å². The molecule has 0 saturated carbocycles. The standard InChI is InChI=1S/C16H18F2N4O/c1-9-7-13(21-15(19-9)22-16(2,3)4)14(23)20-12-6-5-10(17)8-11(12)18/h5-8H,1-4H3,(H,20,23)(H,19,21,22). The number of nitrogens with zero attached hydrogens (tertiary/aromatic N) is 2. The Labute approximate surface area is 133 Å². The Morgan fingerprint density at radius 3 is 2.43 bits per heavy atom. The molecule has 1 aromatic carbocycles. The molecule has 0 aliphatic carbocycles. The van der Waals surface area contributed by atoms with Gasteiger partial charge >= 0.3 is 0 Å². The topological polar surface area (TPSA) is 66.9 Å². The normalized spacial score (nSPS) is 11.2. The molecular formula is C16H18F2N4O. The van der Waals surface area contributed by atoms with Crippen LogP contribution in [0.1, 0.15) is 37.0 Å². The maximum Gasteiger partial charge on any atom is 0.274 e. The van der Waals surface area contributed by atoms with Crippen LogP contribution in [0.5, 0.6) is 0 Å². The summed E-state index contributed by atoms with van der Waals surface area (Å²) >= 11 is 0. The summed E-state index contributed by atoms with van der Waals surface area (Å²) in [6, 6.07) is 4.42. The molecular weight excluding hydrogens is 302 g/mol. The molecule has 2 rings (SSSR count). The fourth-order valence-electron chi connectivity index (χ4n) is 1.85. The summed E-state index contributed by atoms with van der Waals surface area (Å²) in [7, 11) is 0. The smallest absolute Gasteiger partial charge is 0.274 e. The molecule has 0 aliphatic heterocycles. The van der Waals surface area contributed by atoms with Gasteiger partial charge in [-0.1, -0.05) is 0 Å². The molecule has 2 N–H and O–H groups in total. The Kier molecular flexibility index (Phi) is 4.58. The van der Waals surface area contributed by atoms with Crippen molar-refractivity contribution >= 4 is 17.5 Å². The number of hydrogen-bond acceptors (Lipinski definition) is 4. The van der Waals surface area contributed by atoms with Crippen molar-refractivity contribution in [2.24, 2.45) is 0 Å². The van der Waals surface area contributed by atoms with Crippen molar-refractivity contribution in [3.63, 3.8) is 0 Å². The second kappa shape index (κ2) is 6.28. The lowest BCUT2D eigenvalue weighted by atomic mass is 10.1. The quantitative estimate of drug-likeness (QED) is 0.908. The molecule has 0 unspecified atom stereocenters. The largest absolute Gasteiger partial charge is 0.350 e. The van der Waals surface area contributed by atoms with E-state index in [1.165, 1.54) is 6.07 Å². The van der Waals surface area contributed by atoms with E-state index < -0.39 is 17.5 Å². The second-order valence-corrected chi connectivity index (χ2v) is 6.17. The Bertz CT molecular complexity index is 741. The number of rotatable bonds is 3. The van der Waals surface area contributed by atoms with E-state index in [2.05, 4.69) is 20.6 Å². The minimum atomic E-state index is -0.850. The van der Waals surface area contributed by atoms with E-state index in [9.17, 15) is 13.6 Å². The maximum absolute atomic E-state index is 13.6. The predicted molar refractivity (Wildman–Crippen MR) is 84.5 cm³/mol. The Morgan fingerprint density at radius 1 is 1.13 bits per heavy atom. The highest BCUT2D eigenvalue weighted by Crippen LogP contribution is 2.17. The number of aryl methyl sites for hydroxylation is 1. The first kappa shape index (κ1) is 16.8. The van der Waals surface area contributed by atoms with Gasteiger partial charge in [0.15, 0.2) is 0 Å². The minimum Gasteiger partial charge on any atom is -0.350 e. The molecule has 1 aromatic heterocycles. The first-order chi connectivity index (χ1) is 10.6. The molecule has 23 heavy (non-hydrogen) atoms. The number of halogens is 2. The van der Waals surface area contributed by atoms with Crippen molar-refractivity contribution in [3.8, 4) is 0 Å². The summed E-state index contributed by atoms with van der Waals surface area (Å²) in [6.45, 7) is 7.54. The molecule has 122 valence electrons. The first-order valence-corrected chi connectivity index (χ1v) is 7.04. The molecule has 0 radical (unpaired) electrons. The van der Waals surface area contributed by atoms with Gasteiger partial charge in [0.05, 0.1) is 5.69 Å². The zero-order chi connectivity index (χ0) is 17.2. The van der Waals surface area contributed by atoms with Crippen LogP contribution in [0.3, 0.4) is 0 Å². The van der Waals surface area contributed by atoms with Crippen LogP contribution < -0.4 is 10.6 Å². The summed E-state index contributed by atoms with van der Waals surface area (Å²) < 4.78 is 26.5. The second-order valence-electron chi connectivity index (χ2n) is 6.17. The fourth-order valence-corrected chi connectivity index (χ4v) is 1.85. The number of amides is 1. The number of nitrogens with one attached hydrogen (secondary N) is 2. The van der Waals surface area contributed by atoms with Gasteiger partial charge in [0.25, 0.3) is 5.91 Å². The summed E-state index contributed by atoms with van der Waals surface area (Å²) in [5.74, 6) is -1.85. The molecule has 1 heterocycles. The fraction of sp³-hybridized carbons (Fsp3) is 0.312. The summed E-state index contributed by atoms with van der Waals surface area (Å²) in [4.78, 5) is 20.6. The lowest BCUT2D eigenvalue weighted by Gasteiger charge is -2.20. The third kappa shape index (κ3) is 4.70. The zero-order valence-corrected chi connectivity index (χ0v) is 13.4. The Morgan fingerprint density at radius 2 is 1.83 bits per heavy atom. The molecule has 5 nitrogen and oxygen atoms in total. The van der Waals surface area contributed by atoms with E-state index in [-0.39, 0.29) is 16.9 Å². The summed E-state index contributed by atoms with van der Waals surface area (Å²) in [5.41, 5.74) is 0.299. The summed E-state index contributed by atoms with van der Waals surface area (Å²) in [5, 5.41) is 5.45. The number of anilines is 2. The average molecular weight is 320 g/mol. The van der Waals surface area contributed by atoms with Gasteiger partial charge in [-0.15, -0.1) is 0 Å². The number of benzene rings is 1. The van der Waals surface area contributed by atoms with Crippen LogP contribution in [0.2, 0.25) is 0 Å². The molecule has 0 spiro atoms. The lowest BCUT2D eigenvalue weighted by molar-refractivity contribution is 0.102. The van der Waals surface area contributed by atoms with Crippen LogP contribution in [-0.4, -0.2) is 21.4 Å². The third-order valence-corrected chi connectivity index (χ3v) is 2.75. The predicted octanol–water partition coefficient (Wildman–Crippen LogP) is 3.53. The van der Waals surface area contributed by atoms with Gasteiger partial charge in [-0.2, -0.15) is 0 Å². The summed E-state index contributed by atoms with van der Waals surface area (Å²) in [6.07, 6.45) is 0. The van der Waals surface area contributed by atoms with Crippen LogP contribution in [-0.2, 0) is 0 Å². The van der Waals surface area contributed by atoms with E-state index in [0.717, 1.165) is 12.1 Å². The van der Waals surface area contributed by atoms with Gasteiger partial charge in [0.1, 0.15) is 17.3 Å². The van der Waals surface area contributed by atoms with Crippen LogP contribution in [0, 0.1) is 18.6 Å². The van der Waals surface area contributed by atoms with Gasteiger partial charge in [0.2, 0.25) is 5.95 Å². The SMILES string of the molecule is Cc1cc(C(=O)Nc2ccc(F)cc2F)nc(NC(C)(C)C)n1. The molecule has 1 amide bonds. The van der Waals surface area contributed by atoms with E-state index >= 15 is 0 Å². The molecule has 7 heteroatoms. The van der Waals surface area contributed by atoms with E-state index in [1.807, 2.05) is 20.8 Å². The zero-order valence-electron chi connectivity index (χ0n) is 13.4. The van der Waals surface area contributed by atoms with Crippen LogP contribution >= 0.6 is 0 Å². The third-order valence-electron chi connectivity index (χ3n) is 2.75. The van der Waals surface area contributed by atoms with E-state index in [4.69, 9.17) is 0 Å².